The quantitative estimate of drug-likeness (QED) is 0.384. The number of nitrogens with one attached hydrogen (secondary N) is 2. The van der Waals surface area contributed by atoms with Crippen molar-refractivity contribution in [2.75, 3.05) is 20.3 Å². The fourth-order valence-corrected chi connectivity index (χ4v) is 2.48. The number of amides is 2. The molecular formula is C19H24BN3O6. The second-order valence-electron chi connectivity index (χ2n) is 6.18. The van der Waals surface area contributed by atoms with E-state index in [1.807, 2.05) is 18.2 Å². The third kappa shape index (κ3) is 7.53. The number of carbonyl (C=O) groups is 2. The van der Waals surface area contributed by atoms with Gasteiger partial charge in [0, 0.05) is 19.7 Å². The summed E-state index contributed by atoms with van der Waals surface area (Å²) in [7, 11) is -0.410. The van der Waals surface area contributed by atoms with Gasteiger partial charge in [-0.3, -0.25) is 14.6 Å². The lowest BCUT2D eigenvalue weighted by Gasteiger charge is -2.22. The maximum absolute atomic E-state index is 12.6. The van der Waals surface area contributed by atoms with Gasteiger partial charge < -0.3 is 30.2 Å². The fraction of sp³-hybridized carbons (Fsp3) is 0.316. The lowest BCUT2D eigenvalue weighted by Crippen LogP contribution is -2.55. The van der Waals surface area contributed by atoms with E-state index in [0.29, 0.717) is 5.75 Å². The minimum absolute atomic E-state index is 0.0980. The van der Waals surface area contributed by atoms with Crippen LogP contribution in [0.4, 0.5) is 0 Å². The van der Waals surface area contributed by atoms with Gasteiger partial charge in [0.2, 0.25) is 5.91 Å². The van der Waals surface area contributed by atoms with E-state index >= 15 is 0 Å². The molecule has 2 aromatic rings. The lowest BCUT2D eigenvalue weighted by atomic mass is 9.77. The fourth-order valence-electron chi connectivity index (χ4n) is 2.48. The Balaban J connectivity index is 1.92. The van der Waals surface area contributed by atoms with Crippen LogP contribution in [0.5, 0.6) is 5.75 Å². The molecule has 2 atom stereocenters. The van der Waals surface area contributed by atoms with Gasteiger partial charge in [-0.25, -0.2) is 0 Å². The van der Waals surface area contributed by atoms with Gasteiger partial charge in [0.1, 0.15) is 17.5 Å². The first-order valence-corrected chi connectivity index (χ1v) is 9.06. The smallest absolute Gasteiger partial charge is 0.475 e. The number of nitrogens with zero attached hydrogens (tertiary/aromatic N) is 1. The van der Waals surface area contributed by atoms with Gasteiger partial charge >= 0.3 is 7.12 Å². The molecule has 0 spiro atoms. The Labute approximate surface area is 169 Å². The Morgan fingerprint density at radius 3 is 2.45 bits per heavy atom. The zero-order valence-electron chi connectivity index (χ0n) is 16.0. The topological polar surface area (TPSA) is 130 Å². The normalized spacial score (nSPS) is 12.5. The molecule has 154 valence electrons. The van der Waals surface area contributed by atoms with Crippen LogP contribution in [0.15, 0.2) is 54.7 Å². The first-order chi connectivity index (χ1) is 14.0. The number of methoxy groups -OCH3 is 1. The number of rotatable bonds is 11. The number of hydrogen-bond donors (Lipinski definition) is 4. The molecule has 1 aromatic carbocycles. The minimum atomic E-state index is -1.80. The van der Waals surface area contributed by atoms with E-state index in [0.717, 1.165) is 0 Å². The number of ether oxygens (including phenoxy) is 2. The van der Waals surface area contributed by atoms with Crippen molar-refractivity contribution in [3.05, 3.63) is 60.4 Å². The van der Waals surface area contributed by atoms with Crippen molar-refractivity contribution >= 4 is 18.9 Å². The average molecular weight is 401 g/mol. The molecule has 0 saturated heterocycles. The first kappa shape index (κ1) is 22.3. The highest BCUT2D eigenvalue weighted by Crippen LogP contribution is 2.09. The Kier molecular flexibility index (Phi) is 9.09. The van der Waals surface area contributed by atoms with Crippen molar-refractivity contribution in [2.45, 2.75) is 18.4 Å². The van der Waals surface area contributed by atoms with Crippen molar-refractivity contribution in [2.24, 2.45) is 0 Å². The maximum atomic E-state index is 12.6. The van der Waals surface area contributed by atoms with Crippen molar-refractivity contribution in [1.82, 2.24) is 15.6 Å². The van der Waals surface area contributed by atoms with Gasteiger partial charge in [0.05, 0.1) is 19.2 Å². The second-order valence-corrected chi connectivity index (χ2v) is 6.18. The van der Waals surface area contributed by atoms with E-state index < -0.39 is 30.9 Å². The van der Waals surface area contributed by atoms with Crippen LogP contribution in [0.25, 0.3) is 0 Å². The largest absolute Gasteiger partial charge is 0.494 e. The van der Waals surface area contributed by atoms with Crippen LogP contribution in [-0.2, 0) is 9.53 Å². The number of benzene rings is 1. The molecule has 10 heteroatoms. The SMILES string of the molecule is COC[C@@H](NC(=O)c1ccccn1)C(=O)N[C@@H](CCOc1ccccc1)B(O)O. The van der Waals surface area contributed by atoms with E-state index in [1.54, 1.807) is 24.3 Å². The molecule has 0 saturated carbocycles. The van der Waals surface area contributed by atoms with Crippen LogP contribution in [0.3, 0.4) is 0 Å². The highest BCUT2D eigenvalue weighted by Gasteiger charge is 2.29. The maximum Gasteiger partial charge on any atom is 0.475 e. The predicted octanol–water partition coefficient (Wildman–Crippen LogP) is -0.208. The minimum Gasteiger partial charge on any atom is -0.494 e. The van der Waals surface area contributed by atoms with Crippen LogP contribution in [0, 0.1) is 0 Å². The average Bonchev–Trinajstić information content (AvgIpc) is 2.73. The van der Waals surface area contributed by atoms with Crippen LogP contribution in [-0.4, -0.2) is 66.3 Å². The zero-order valence-corrected chi connectivity index (χ0v) is 16.0. The van der Waals surface area contributed by atoms with E-state index in [1.165, 1.54) is 19.4 Å². The summed E-state index contributed by atoms with van der Waals surface area (Å²) >= 11 is 0. The molecule has 1 heterocycles. The van der Waals surface area contributed by atoms with Crippen molar-refractivity contribution in [1.29, 1.82) is 0 Å². The highest BCUT2D eigenvalue weighted by molar-refractivity contribution is 6.43. The van der Waals surface area contributed by atoms with Gasteiger partial charge in [0.25, 0.3) is 5.91 Å². The molecule has 0 aliphatic carbocycles. The van der Waals surface area contributed by atoms with Gasteiger partial charge in [0.15, 0.2) is 0 Å². The first-order valence-electron chi connectivity index (χ1n) is 9.06. The van der Waals surface area contributed by atoms with Crippen molar-refractivity contribution < 1.29 is 29.1 Å². The van der Waals surface area contributed by atoms with Gasteiger partial charge in [-0.15, -0.1) is 0 Å². The van der Waals surface area contributed by atoms with Gasteiger partial charge in [-0.1, -0.05) is 24.3 Å². The summed E-state index contributed by atoms with van der Waals surface area (Å²) in [6.07, 6.45) is 1.61. The second kappa shape index (κ2) is 11.8. The van der Waals surface area contributed by atoms with Crippen LogP contribution < -0.4 is 15.4 Å². The third-order valence-corrected chi connectivity index (χ3v) is 3.98. The number of carbonyl (C=O) groups excluding carboxylic acids is 2. The van der Waals surface area contributed by atoms with E-state index in [2.05, 4.69) is 15.6 Å². The molecule has 0 aliphatic heterocycles. The Morgan fingerprint density at radius 2 is 1.83 bits per heavy atom. The summed E-state index contributed by atoms with van der Waals surface area (Å²) in [4.78, 5) is 28.7. The standard InChI is InChI=1S/C19H24BN3O6/c1-28-13-16(22-18(24)15-9-5-6-11-21-15)19(25)23-17(20(26)27)10-12-29-14-7-3-2-4-8-14/h2-9,11,16-17,26-27H,10,12-13H2,1H3,(H,22,24)(H,23,25)/t16-,17+/m1/s1. The summed E-state index contributed by atoms with van der Waals surface area (Å²) in [5.41, 5.74) is 0.149. The van der Waals surface area contributed by atoms with E-state index in [9.17, 15) is 19.6 Å². The molecule has 0 aliphatic rings. The molecule has 0 fully saturated rings. The van der Waals surface area contributed by atoms with Crippen molar-refractivity contribution in [3.63, 3.8) is 0 Å². The Hall–Kier alpha value is -2.95. The summed E-state index contributed by atoms with van der Waals surface area (Å²) in [6.45, 7) is 0.0565. The Morgan fingerprint density at radius 1 is 1.10 bits per heavy atom. The highest BCUT2D eigenvalue weighted by atomic mass is 16.5. The molecule has 0 radical (unpaired) electrons. The number of pyridine rings is 1. The summed E-state index contributed by atoms with van der Waals surface area (Å²) in [5.74, 6) is -1.52. The Bertz CT molecular complexity index is 763. The zero-order chi connectivity index (χ0) is 21.1. The number of para-hydroxylation sites is 1. The molecule has 4 N–H and O–H groups in total. The molecule has 0 unspecified atom stereocenters. The monoisotopic (exact) mass is 401 g/mol. The molecule has 1 aromatic heterocycles. The number of aromatic nitrogens is 1. The van der Waals surface area contributed by atoms with Gasteiger partial charge in [-0.2, -0.15) is 0 Å². The molecule has 2 amide bonds. The number of hydrogen-bond acceptors (Lipinski definition) is 7. The summed E-state index contributed by atoms with van der Waals surface area (Å²) in [6, 6.07) is 12.8. The summed E-state index contributed by atoms with van der Waals surface area (Å²) in [5, 5.41) is 24.2. The van der Waals surface area contributed by atoms with Crippen molar-refractivity contribution in [3.8, 4) is 5.75 Å². The van der Waals surface area contributed by atoms with E-state index in [4.69, 9.17) is 9.47 Å². The predicted molar refractivity (Wildman–Crippen MR) is 106 cm³/mol. The summed E-state index contributed by atoms with van der Waals surface area (Å²) < 4.78 is 10.5. The molecule has 0 bridgehead atoms. The lowest BCUT2D eigenvalue weighted by molar-refractivity contribution is -0.124. The molecule has 9 nitrogen and oxygen atoms in total. The third-order valence-electron chi connectivity index (χ3n) is 3.98. The molecular weight excluding hydrogens is 377 g/mol. The van der Waals surface area contributed by atoms with Crippen LogP contribution in [0.2, 0.25) is 0 Å². The molecule has 2 rings (SSSR count). The van der Waals surface area contributed by atoms with E-state index in [-0.39, 0.29) is 25.3 Å². The van der Waals surface area contributed by atoms with Gasteiger partial charge in [-0.05, 0) is 24.3 Å². The molecule has 29 heavy (non-hydrogen) atoms. The van der Waals surface area contributed by atoms with Crippen LogP contribution >= 0.6 is 0 Å². The van der Waals surface area contributed by atoms with Crippen LogP contribution in [0.1, 0.15) is 16.9 Å².